The maximum atomic E-state index is 12.9. The number of aromatic nitrogens is 2. The van der Waals surface area contributed by atoms with Crippen LogP contribution in [0, 0.1) is 17.9 Å². The van der Waals surface area contributed by atoms with Crippen LogP contribution in [0.5, 0.6) is 0 Å². The third-order valence-electron chi connectivity index (χ3n) is 4.58. The van der Waals surface area contributed by atoms with E-state index in [9.17, 15) is 4.39 Å². The maximum Gasteiger partial charge on any atom is 0.123 e. The predicted octanol–water partition coefficient (Wildman–Crippen LogP) is 6.90. The van der Waals surface area contributed by atoms with E-state index in [1.54, 1.807) is 24.5 Å². The van der Waals surface area contributed by atoms with Gasteiger partial charge in [-0.1, -0.05) is 36.4 Å². The predicted molar refractivity (Wildman–Crippen MR) is 122 cm³/mol. The molecular formula is C28H19FIrN2-2. The van der Waals surface area contributed by atoms with Crippen LogP contribution in [0.1, 0.15) is 0 Å². The van der Waals surface area contributed by atoms with Crippen LogP contribution < -0.4 is 0 Å². The molecule has 0 fully saturated rings. The third-order valence-corrected chi connectivity index (χ3v) is 4.58. The summed E-state index contributed by atoms with van der Waals surface area (Å²) < 4.78 is 12.9. The molecule has 0 atom stereocenters. The number of rotatable bonds is 3. The van der Waals surface area contributed by atoms with Crippen molar-refractivity contribution < 1.29 is 24.5 Å². The van der Waals surface area contributed by atoms with Gasteiger partial charge in [-0.2, -0.15) is 0 Å². The third kappa shape index (κ3) is 6.27. The molecule has 2 heterocycles. The molecule has 5 aromatic rings. The van der Waals surface area contributed by atoms with Gasteiger partial charge in [-0.25, -0.2) is 4.39 Å². The Morgan fingerprint density at radius 2 is 1.16 bits per heavy atom. The molecule has 4 heteroatoms. The fourth-order valence-electron chi connectivity index (χ4n) is 2.99. The summed E-state index contributed by atoms with van der Waals surface area (Å²) in [5.41, 5.74) is 5.79. The number of halogens is 1. The van der Waals surface area contributed by atoms with Gasteiger partial charge in [0.25, 0.3) is 0 Å². The molecule has 0 aliphatic heterocycles. The maximum absolute atomic E-state index is 12.9. The summed E-state index contributed by atoms with van der Waals surface area (Å²) >= 11 is 0. The Labute approximate surface area is 201 Å². The Kier molecular flexibility index (Phi) is 8.56. The van der Waals surface area contributed by atoms with Gasteiger partial charge in [0.2, 0.25) is 0 Å². The summed E-state index contributed by atoms with van der Waals surface area (Å²) in [5, 5.41) is 0. The van der Waals surface area contributed by atoms with Gasteiger partial charge in [0.1, 0.15) is 5.82 Å². The van der Waals surface area contributed by atoms with Crippen LogP contribution in [0.3, 0.4) is 0 Å². The van der Waals surface area contributed by atoms with Crippen LogP contribution in [0.4, 0.5) is 4.39 Å². The van der Waals surface area contributed by atoms with Crippen molar-refractivity contribution >= 4 is 0 Å². The molecule has 0 saturated carbocycles. The zero-order valence-corrected chi connectivity index (χ0v) is 19.5. The topological polar surface area (TPSA) is 25.8 Å². The van der Waals surface area contributed by atoms with E-state index in [0.29, 0.717) is 0 Å². The van der Waals surface area contributed by atoms with Crippen LogP contribution in [0.25, 0.3) is 33.6 Å². The molecule has 159 valence electrons. The zero-order chi connectivity index (χ0) is 21.3. The molecule has 2 nitrogen and oxygen atoms in total. The van der Waals surface area contributed by atoms with Crippen LogP contribution in [0.2, 0.25) is 0 Å². The first-order chi connectivity index (χ1) is 15.3. The van der Waals surface area contributed by atoms with Gasteiger partial charge in [-0.15, -0.1) is 71.8 Å². The van der Waals surface area contributed by atoms with E-state index < -0.39 is 0 Å². The molecule has 0 N–H and O–H groups in total. The molecule has 2 aromatic heterocycles. The first-order valence-corrected chi connectivity index (χ1v) is 9.87. The van der Waals surface area contributed by atoms with E-state index in [1.165, 1.54) is 12.1 Å². The van der Waals surface area contributed by atoms with Crippen molar-refractivity contribution in [3.05, 3.63) is 133 Å². The average molecular weight is 595 g/mol. The molecular weight excluding hydrogens is 576 g/mol. The van der Waals surface area contributed by atoms with Crippen molar-refractivity contribution in [3.63, 3.8) is 0 Å². The Balaban J connectivity index is 0.000000193. The van der Waals surface area contributed by atoms with Crippen molar-refractivity contribution in [2.24, 2.45) is 0 Å². The summed E-state index contributed by atoms with van der Waals surface area (Å²) in [5.74, 6) is -0.229. The Morgan fingerprint density at radius 1 is 0.562 bits per heavy atom. The second kappa shape index (κ2) is 11.8. The largest absolute Gasteiger partial charge is 0.305 e. The van der Waals surface area contributed by atoms with E-state index >= 15 is 0 Å². The van der Waals surface area contributed by atoms with E-state index in [-0.39, 0.29) is 25.9 Å². The first-order valence-electron chi connectivity index (χ1n) is 9.87. The average Bonchev–Trinajstić information content (AvgIpc) is 2.87. The summed E-state index contributed by atoms with van der Waals surface area (Å²) in [6.07, 6.45) is 3.58. The molecule has 0 spiro atoms. The number of nitrogens with zero attached hydrogens (tertiary/aromatic N) is 2. The van der Waals surface area contributed by atoms with Crippen molar-refractivity contribution in [1.82, 2.24) is 9.97 Å². The van der Waals surface area contributed by atoms with Gasteiger partial charge < -0.3 is 9.97 Å². The van der Waals surface area contributed by atoms with Gasteiger partial charge in [-0.3, -0.25) is 0 Å². The van der Waals surface area contributed by atoms with E-state index in [2.05, 4.69) is 22.1 Å². The van der Waals surface area contributed by atoms with Gasteiger partial charge in [0.15, 0.2) is 0 Å². The Morgan fingerprint density at radius 3 is 1.66 bits per heavy atom. The minimum Gasteiger partial charge on any atom is -0.305 e. The molecule has 32 heavy (non-hydrogen) atoms. The van der Waals surface area contributed by atoms with Crippen molar-refractivity contribution in [2.45, 2.75) is 0 Å². The first kappa shape index (κ1) is 23.2. The zero-order valence-electron chi connectivity index (χ0n) is 17.1. The minimum atomic E-state index is -0.229. The molecule has 5 rings (SSSR count). The smallest absolute Gasteiger partial charge is 0.123 e. The second-order valence-corrected chi connectivity index (χ2v) is 6.71. The molecule has 0 saturated heterocycles. The van der Waals surface area contributed by atoms with Gasteiger partial charge >= 0.3 is 0 Å². The standard InChI is InChI=1S/C17H11FN.C11H8N.Ir/c18-16-9-6-13(7-10-16)15-8-11-17(19-12-15)14-4-2-1-3-5-14;1-2-6-10(7-3-1)11-8-4-5-9-12-11;/h1-4,6-12H;1-6,8-9H;/q2*-1;. The Bertz CT molecular complexity index is 1160. The summed E-state index contributed by atoms with van der Waals surface area (Å²) in [6.45, 7) is 0. The van der Waals surface area contributed by atoms with E-state index in [4.69, 9.17) is 0 Å². The van der Waals surface area contributed by atoms with Crippen molar-refractivity contribution in [3.8, 4) is 33.6 Å². The fourth-order valence-corrected chi connectivity index (χ4v) is 2.99. The Hall–Kier alpha value is -3.46. The van der Waals surface area contributed by atoms with Crippen LogP contribution in [0.15, 0.2) is 116 Å². The number of benzene rings is 3. The molecule has 1 radical (unpaired) electrons. The fraction of sp³-hybridized carbons (Fsp3) is 0. The number of pyridine rings is 2. The van der Waals surface area contributed by atoms with Gasteiger partial charge in [-0.05, 0) is 40.7 Å². The molecule has 0 aliphatic rings. The van der Waals surface area contributed by atoms with Gasteiger partial charge in [0.05, 0.1) is 0 Å². The molecule has 3 aromatic carbocycles. The second-order valence-electron chi connectivity index (χ2n) is 6.71. The van der Waals surface area contributed by atoms with Gasteiger partial charge in [0, 0.05) is 32.5 Å². The summed E-state index contributed by atoms with van der Waals surface area (Å²) in [7, 11) is 0. The van der Waals surface area contributed by atoms with E-state index in [1.807, 2.05) is 78.9 Å². The molecule has 0 unspecified atom stereocenters. The van der Waals surface area contributed by atoms with Crippen LogP contribution >= 0.6 is 0 Å². The molecule has 0 aliphatic carbocycles. The molecule has 0 bridgehead atoms. The normalized spacial score (nSPS) is 9.78. The van der Waals surface area contributed by atoms with Crippen molar-refractivity contribution in [2.75, 3.05) is 0 Å². The summed E-state index contributed by atoms with van der Waals surface area (Å²) in [4.78, 5) is 8.64. The van der Waals surface area contributed by atoms with Crippen molar-refractivity contribution in [1.29, 1.82) is 0 Å². The quantitative estimate of drug-likeness (QED) is 0.213. The van der Waals surface area contributed by atoms with Crippen LogP contribution in [-0.2, 0) is 20.1 Å². The minimum absolute atomic E-state index is 0. The number of hydrogen-bond acceptors (Lipinski definition) is 2. The molecule has 0 amide bonds. The van der Waals surface area contributed by atoms with Crippen LogP contribution in [-0.4, -0.2) is 9.97 Å². The summed E-state index contributed by atoms with van der Waals surface area (Å²) in [6, 6.07) is 38.0. The number of hydrogen-bond donors (Lipinski definition) is 0. The van der Waals surface area contributed by atoms with E-state index in [0.717, 1.165) is 33.6 Å². The monoisotopic (exact) mass is 595 g/mol. The SMILES string of the molecule is Fc1ccc(-c2ccc(-c3[c-]cccc3)nc2)cc1.[Ir].[c-]1ccccc1-c1ccccn1.